The molecule has 0 heterocycles. The molecule has 1 aromatic rings. The highest BCUT2D eigenvalue weighted by molar-refractivity contribution is 7.89. The van der Waals surface area contributed by atoms with Crippen LogP contribution in [0.1, 0.15) is 24.2 Å². The van der Waals surface area contributed by atoms with E-state index in [2.05, 4.69) is 0 Å². The van der Waals surface area contributed by atoms with Gasteiger partial charge >= 0.3 is 5.97 Å². The van der Waals surface area contributed by atoms with Crippen molar-refractivity contribution in [2.24, 2.45) is 5.92 Å². The zero-order chi connectivity index (χ0) is 16.2. The second-order valence-electron chi connectivity index (χ2n) is 4.55. The molecule has 0 aromatic heterocycles. The quantitative estimate of drug-likeness (QED) is 0.759. The van der Waals surface area contributed by atoms with Gasteiger partial charge in [-0.3, -0.25) is 0 Å². The Bertz CT molecular complexity index is 679. The molecule has 0 fully saturated rings. The maximum atomic E-state index is 12.6. The third-order valence-corrected chi connectivity index (χ3v) is 4.89. The number of rotatable bonds is 6. The van der Waals surface area contributed by atoms with Gasteiger partial charge in [0.2, 0.25) is 10.0 Å². The molecule has 7 nitrogen and oxygen atoms in total. The first kappa shape index (κ1) is 16.9. The van der Waals surface area contributed by atoms with Crippen LogP contribution in [-0.4, -0.2) is 36.9 Å². The lowest BCUT2D eigenvalue weighted by Gasteiger charge is -2.22. The molecular formula is C13H17N3O4S. The van der Waals surface area contributed by atoms with Crippen molar-refractivity contribution in [1.29, 1.82) is 5.26 Å². The second-order valence-corrected chi connectivity index (χ2v) is 6.45. The van der Waals surface area contributed by atoms with Gasteiger partial charge in [0.1, 0.15) is 0 Å². The molecule has 0 radical (unpaired) electrons. The van der Waals surface area contributed by atoms with Gasteiger partial charge < -0.3 is 10.8 Å². The van der Waals surface area contributed by atoms with Gasteiger partial charge in [-0.2, -0.15) is 9.57 Å². The average molecular weight is 311 g/mol. The molecule has 1 atom stereocenters. The summed E-state index contributed by atoms with van der Waals surface area (Å²) in [6.07, 6.45) is 0. The van der Waals surface area contributed by atoms with Crippen LogP contribution in [0.5, 0.6) is 0 Å². The van der Waals surface area contributed by atoms with Crippen molar-refractivity contribution < 1.29 is 18.3 Å². The molecule has 8 heteroatoms. The van der Waals surface area contributed by atoms with Crippen molar-refractivity contribution >= 4 is 21.7 Å². The van der Waals surface area contributed by atoms with Gasteiger partial charge in [0.15, 0.2) is 0 Å². The molecule has 0 aliphatic rings. The van der Waals surface area contributed by atoms with Crippen LogP contribution >= 0.6 is 0 Å². The van der Waals surface area contributed by atoms with Gasteiger partial charge in [-0.1, -0.05) is 6.92 Å². The molecule has 0 saturated carbocycles. The Balaban J connectivity index is 3.39. The standard InChI is InChI=1S/C13H17N3O4S/c1-3-16(8-9(2)7-14)21(19,20)12-6-10(15)4-5-11(12)13(17)18/h4-6,9H,3,8,15H2,1-2H3,(H,17,18). The molecule has 0 bridgehead atoms. The molecule has 1 rings (SSSR count). The third kappa shape index (κ3) is 3.71. The van der Waals surface area contributed by atoms with E-state index in [1.165, 1.54) is 6.07 Å². The van der Waals surface area contributed by atoms with E-state index < -0.39 is 21.9 Å². The molecular weight excluding hydrogens is 294 g/mol. The van der Waals surface area contributed by atoms with Gasteiger partial charge in [0.05, 0.1) is 22.4 Å². The minimum absolute atomic E-state index is 0.0107. The van der Waals surface area contributed by atoms with Crippen molar-refractivity contribution in [2.45, 2.75) is 18.7 Å². The largest absolute Gasteiger partial charge is 0.478 e. The van der Waals surface area contributed by atoms with Crippen LogP contribution in [0.4, 0.5) is 5.69 Å². The number of carbonyl (C=O) groups is 1. The van der Waals surface area contributed by atoms with Gasteiger partial charge in [-0.25, -0.2) is 13.2 Å². The van der Waals surface area contributed by atoms with E-state index in [-0.39, 0.29) is 29.2 Å². The third-order valence-electron chi connectivity index (χ3n) is 2.90. The van der Waals surface area contributed by atoms with Crippen molar-refractivity contribution in [3.05, 3.63) is 23.8 Å². The summed E-state index contributed by atoms with van der Waals surface area (Å²) in [6, 6.07) is 5.57. The molecule has 0 aliphatic heterocycles. The minimum Gasteiger partial charge on any atom is -0.478 e. The fraction of sp³-hybridized carbons (Fsp3) is 0.385. The van der Waals surface area contributed by atoms with Crippen molar-refractivity contribution in [1.82, 2.24) is 4.31 Å². The topological polar surface area (TPSA) is 124 Å². The van der Waals surface area contributed by atoms with E-state index in [0.29, 0.717) is 0 Å². The first-order valence-corrected chi connectivity index (χ1v) is 7.70. The number of carboxylic acid groups (broad SMARTS) is 1. The Kier molecular flexibility index (Phi) is 5.29. The summed E-state index contributed by atoms with van der Waals surface area (Å²) in [5.41, 5.74) is 5.38. The van der Waals surface area contributed by atoms with Gasteiger partial charge in [-0.05, 0) is 25.1 Å². The van der Waals surface area contributed by atoms with Crippen molar-refractivity contribution in [3.63, 3.8) is 0 Å². The predicted molar refractivity (Wildman–Crippen MR) is 77.0 cm³/mol. The number of nitrogens with zero attached hydrogens (tertiary/aromatic N) is 2. The van der Waals surface area contributed by atoms with E-state index in [1.807, 2.05) is 6.07 Å². The Labute approximate surface area is 123 Å². The van der Waals surface area contributed by atoms with Crippen LogP contribution in [-0.2, 0) is 10.0 Å². The van der Waals surface area contributed by atoms with Crippen LogP contribution < -0.4 is 5.73 Å². The van der Waals surface area contributed by atoms with E-state index in [0.717, 1.165) is 16.4 Å². The van der Waals surface area contributed by atoms with Crippen LogP contribution in [0.3, 0.4) is 0 Å². The molecule has 3 N–H and O–H groups in total. The summed E-state index contributed by atoms with van der Waals surface area (Å²) in [4.78, 5) is 10.8. The summed E-state index contributed by atoms with van der Waals surface area (Å²) >= 11 is 0. The highest BCUT2D eigenvalue weighted by Crippen LogP contribution is 2.23. The summed E-state index contributed by atoms with van der Waals surface area (Å²) in [5.74, 6) is -1.85. The van der Waals surface area contributed by atoms with Gasteiger partial charge in [0, 0.05) is 18.8 Å². The van der Waals surface area contributed by atoms with Crippen LogP contribution in [0, 0.1) is 17.2 Å². The normalized spacial score (nSPS) is 12.9. The molecule has 0 spiro atoms. The summed E-state index contributed by atoms with van der Waals surface area (Å²) < 4.78 is 26.3. The van der Waals surface area contributed by atoms with E-state index in [1.54, 1.807) is 13.8 Å². The smallest absolute Gasteiger partial charge is 0.337 e. The Morgan fingerprint density at radius 2 is 2.14 bits per heavy atom. The number of benzene rings is 1. The van der Waals surface area contributed by atoms with Gasteiger partial charge in [-0.15, -0.1) is 0 Å². The summed E-state index contributed by atoms with van der Waals surface area (Å²) in [6.45, 7) is 3.33. The molecule has 0 aliphatic carbocycles. The summed E-state index contributed by atoms with van der Waals surface area (Å²) in [5, 5.41) is 17.9. The number of aromatic carboxylic acids is 1. The number of carboxylic acids is 1. The van der Waals surface area contributed by atoms with Gasteiger partial charge in [0.25, 0.3) is 0 Å². The number of anilines is 1. The number of nitrogens with two attached hydrogens (primary N) is 1. The number of sulfonamides is 1. The van der Waals surface area contributed by atoms with E-state index >= 15 is 0 Å². The predicted octanol–water partition coefficient (Wildman–Crippen LogP) is 1.14. The highest BCUT2D eigenvalue weighted by atomic mass is 32.2. The van der Waals surface area contributed by atoms with Crippen molar-refractivity contribution in [3.8, 4) is 6.07 Å². The van der Waals surface area contributed by atoms with Crippen LogP contribution in [0.25, 0.3) is 0 Å². The van der Waals surface area contributed by atoms with Crippen LogP contribution in [0.15, 0.2) is 23.1 Å². The molecule has 1 unspecified atom stereocenters. The van der Waals surface area contributed by atoms with Crippen LogP contribution in [0.2, 0.25) is 0 Å². The molecule has 1 aromatic carbocycles. The van der Waals surface area contributed by atoms with Crippen molar-refractivity contribution in [2.75, 3.05) is 18.8 Å². The van der Waals surface area contributed by atoms with E-state index in [4.69, 9.17) is 16.1 Å². The number of hydrogen-bond acceptors (Lipinski definition) is 5. The first-order valence-electron chi connectivity index (χ1n) is 6.26. The maximum Gasteiger partial charge on any atom is 0.337 e. The maximum absolute atomic E-state index is 12.6. The first-order chi connectivity index (χ1) is 9.73. The minimum atomic E-state index is -4.03. The Hall–Kier alpha value is -2.11. The lowest BCUT2D eigenvalue weighted by atomic mass is 10.2. The SMILES string of the molecule is CCN(CC(C)C#N)S(=O)(=O)c1cc(N)ccc1C(=O)O. The monoisotopic (exact) mass is 311 g/mol. The number of hydrogen-bond donors (Lipinski definition) is 2. The zero-order valence-corrected chi connectivity index (χ0v) is 12.6. The van der Waals surface area contributed by atoms with E-state index in [9.17, 15) is 13.2 Å². The zero-order valence-electron chi connectivity index (χ0n) is 11.8. The molecule has 21 heavy (non-hydrogen) atoms. The number of nitrogen functional groups attached to an aromatic ring is 1. The Morgan fingerprint density at radius 3 is 2.62 bits per heavy atom. The molecule has 0 saturated heterocycles. The lowest BCUT2D eigenvalue weighted by molar-refractivity contribution is 0.0692. The molecule has 114 valence electrons. The number of nitriles is 1. The lowest BCUT2D eigenvalue weighted by Crippen LogP contribution is -2.35. The average Bonchev–Trinajstić information content (AvgIpc) is 2.43. The molecule has 0 amide bonds. The summed E-state index contributed by atoms with van der Waals surface area (Å²) in [7, 11) is -4.03. The fourth-order valence-corrected chi connectivity index (χ4v) is 3.57. The highest BCUT2D eigenvalue weighted by Gasteiger charge is 2.29. The fourth-order valence-electron chi connectivity index (χ4n) is 1.81. The Morgan fingerprint density at radius 1 is 1.52 bits per heavy atom. The second kappa shape index (κ2) is 6.56.